The highest BCUT2D eigenvalue weighted by Crippen LogP contribution is 2.37. The number of nitrogens with zero attached hydrogens (tertiary/aromatic N) is 2. The van der Waals surface area contributed by atoms with E-state index in [1.54, 1.807) is 0 Å². The third kappa shape index (κ3) is 5.57. The first-order chi connectivity index (χ1) is 17.3. The zero-order valence-electron chi connectivity index (χ0n) is 20.7. The molecule has 1 aliphatic carbocycles. The topological polar surface area (TPSA) is 115 Å². The minimum atomic E-state index is -4.64. The van der Waals surface area contributed by atoms with Crippen molar-refractivity contribution in [1.82, 2.24) is 0 Å². The second-order valence-electron chi connectivity index (χ2n) is 9.06. The van der Waals surface area contributed by atoms with E-state index in [2.05, 4.69) is 0 Å². The largest absolute Gasteiger partial charge is 0.378 e. The molecule has 0 amide bonds. The van der Waals surface area contributed by atoms with Crippen LogP contribution in [0.1, 0.15) is 11.1 Å². The van der Waals surface area contributed by atoms with Crippen molar-refractivity contribution in [2.75, 3.05) is 33.1 Å². The van der Waals surface area contributed by atoms with Gasteiger partial charge in [0.15, 0.2) is 5.71 Å². The second-order valence-corrected chi connectivity index (χ2v) is 11.9. The quantitative estimate of drug-likeness (QED) is 0.371. The third-order valence-corrected chi connectivity index (χ3v) is 7.79. The van der Waals surface area contributed by atoms with Crippen LogP contribution < -0.4 is 4.90 Å². The van der Waals surface area contributed by atoms with Gasteiger partial charge in [-0.05, 0) is 81.6 Å². The molecule has 10 heteroatoms. The summed E-state index contributed by atoms with van der Waals surface area (Å²) in [5, 5.41) is 0.774. The van der Waals surface area contributed by atoms with E-state index in [4.69, 9.17) is 0 Å². The molecule has 0 atom stereocenters. The van der Waals surface area contributed by atoms with Gasteiger partial charge >= 0.3 is 0 Å². The van der Waals surface area contributed by atoms with Gasteiger partial charge in [-0.3, -0.25) is 9.11 Å². The smallest absolute Gasteiger partial charge is 0.294 e. The Balaban J connectivity index is 2.11. The van der Waals surface area contributed by atoms with Crippen molar-refractivity contribution in [1.29, 1.82) is 0 Å². The molecule has 192 valence electrons. The maximum Gasteiger partial charge on any atom is 0.294 e. The van der Waals surface area contributed by atoms with Gasteiger partial charge in [0.05, 0.1) is 9.79 Å². The van der Waals surface area contributed by atoms with Crippen molar-refractivity contribution in [2.45, 2.75) is 9.79 Å². The molecule has 0 aliphatic heterocycles. The lowest BCUT2D eigenvalue weighted by Gasteiger charge is -2.19. The maximum atomic E-state index is 12.2. The highest BCUT2D eigenvalue weighted by molar-refractivity contribution is 7.86. The van der Waals surface area contributed by atoms with E-state index in [1.807, 2.05) is 86.2 Å². The molecule has 3 aromatic rings. The molecule has 2 N–H and O–H groups in total. The lowest BCUT2D eigenvalue weighted by atomic mass is 9.88. The van der Waals surface area contributed by atoms with Crippen LogP contribution in [0.15, 0.2) is 94.3 Å². The van der Waals surface area contributed by atoms with Crippen LogP contribution >= 0.6 is 0 Å². The molecule has 0 saturated carbocycles. The van der Waals surface area contributed by atoms with Crippen LogP contribution in [-0.4, -0.2) is 64.4 Å². The molecule has 0 fully saturated rings. The predicted molar refractivity (Wildman–Crippen MR) is 146 cm³/mol. The Kier molecular flexibility index (Phi) is 6.95. The van der Waals surface area contributed by atoms with Gasteiger partial charge in [-0.1, -0.05) is 18.2 Å². The third-order valence-electron chi connectivity index (χ3n) is 6.11. The van der Waals surface area contributed by atoms with Crippen molar-refractivity contribution in [3.63, 3.8) is 0 Å². The summed E-state index contributed by atoms with van der Waals surface area (Å²) in [5.41, 5.74) is 4.68. The molecule has 3 aromatic carbocycles. The van der Waals surface area contributed by atoms with Gasteiger partial charge in [-0.15, -0.1) is 0 Å². The Labute approximate surface area is 216 Å². The van der Waals surface area contributed by atoms with E-state index < -0.39 is 25.1 Å². The maximum absolute atomic E-state index is 12.2. The van der Waals surface area contributed by atoms with Gasteiger partial charge in [-0.2, -0.15) is 16.8 Å². The fourth-order valence-corrected chi connectivity index (χ4v) is 5.23. The van der Waals surface area contributed by atoms with Crippen molar-refractivity contribution < 1.29 is 30.5 Å². The summed E-state index contributed by atoms with van der Waals surface area (Å²) < 4.78 is 69.4. The van der Waals surface area contributed by atoms with Crippen LogP contribution in [-0.2, 0) is 20.2 Å². The van der Waals surface area contributed by atoms with Gasteiger partial charge in [0.1, 0.15) is 14.1 Å². The van der Waals surface area contributed by atoms with E-state index in [0.29, 0.717) is 16.5 Å². The molecule has 8 nitrogen and oxygen atoms in total. The number of allylic oxidation sites excluding steroid dienone is 5. The summed E-state index contributed by atoms with van der Waals surface area (Å²) >= 11 is 0. The van der Waals surface area contributed by atoms with Crippen molar-refractivity contribution in [2.24, 2.45) is 0 Å². The van der Waals surface area contributed by atoms with Crippen LogP contribution in [0.5, 0.6) is 0 Å². The standard InChI is InChI=1S/C27H26N2O6S2/c1-28(2)21-9-5-18(6-10-21)27(19-7-11-22(12-8-19)29(3)4)26-17-24(37(33,34)35)16-20-15-23(36(30,31)32)13-14-25(20)26/h5-17H,1-4H3,(H-,30,31,32,33,34,35)/p+1. The van der Waals surface area contributed by atoms with Crippen LogP contribution in [0.3, 0.4) is 0 Å². The molecule has 4 rings (SSSR count). The van der Waals surface area contributed by atoms with Crippen LogP contribution in [0.4, 0.5) is 5.69 Å². The summed E-state index contributed by atoms with van der Waals surface area (Å²) in [7, 11) is -1.47. The number of benzene rings is 3. The van der Waals surface area contributed by atoms with Gasteiger partial charge in [0.25, 0.3) is 20.2 Å². The number of rotatable bonds is 5. The summed E-state index contributed by atoms with van der Waals surface area (Å²) in [4.78, 5) is 1.18. The minimum Gasteiger partial charge on any atom is -0.378 e. The Morgan fingerprint density at radius 3 is 1.84 bits per heavy atom. The van der Waals surface area contributed by atoms with E-state index >= 15 is 0 Å². The second kappa shape index (κ2) is 9.71. The van der Waals surface area contributed by atoms with E-state index in [-0.39, 0.29) is 10.3 Å². The molecular weight excluding hydrogens is 512 g/mol. The van der Waals surface area contributed by atoms with E-state index in [0.717, 1.165) is 22.5 Å². The molecular formula is C27H27N2O6S2+. The van der Waals surface area contributed by atoms with Gasteiger partial charge in [-0.25, -0.2) is 4.58 Å². The van der Waals surface area contributed by atoms with Crippen molar-refractivity contribution in [3.05, 3.63) is 95.6 Å². The minimum absolute atomic E-state index is 0.229. The highest BCUT2D eigenvalue weighted by atomic mass is 32.2. The predicted octanol–water partition coefficient (Wildman–Crippen LogP) is 4.04. The van der Waals surface area contributed by atoms with Gasteiger partial charge in [0.2, 0.25) is 0 Å². The number of fused-ring (bicyclic) bond motifs is 1. The molecule has 0 radical (unpaired) electrons. The molecule has 0 heterocycles. The summed E-state index contributed by atoms with van der Waals surface area (Å²) in [5.74, 6) is 0. The highest BCUT2D eigenvalue weighted by Gasteiger charge is 2.21. The molecule has 1 aliphatic rings. The average Bonchev–Trinajstić information content (AvgIpc) is 2.83. The van der Waals surface area contributed by atoms with Crippen LogP contribution in [0.25, 0.3) is 16.3 Å². The van der Waals surface area contributed by atoms with E-state index in [1.165, 1.54) is 30.3 Å². The molecule has 0 spiro atoms. The first kappa shape index (κ1) is 26.5. The summed E-state index contributed by atoms with van der Waals surface area (Å²) in [6, 6.07) is 14.2. The number of anilines is 1. The number of hydrogen-bond donors (Lipinski definition) is 2. The SMILES string of the molecule is CN(C)c1ccc(C(=C2C=CC(=[N+](C)C)C=C2)c2cc(S(=O)(=O)O)cc3cc(S(=O)(=O)O)ccc23)cc1. The first-order valence-electron chi connectivity index (χ1n) is 11.2. The normalized spacial score (nSPS) is 13.8. The molecule has 0 saturated heterocycles. The molecule has 0 unspecified atom stereocenters. The van der Waals surface area contributed by atoms with Crippen LogP contribution in [0.2, 0.25) is 0 Å². The van der Waals surface area contributed by atoms with Crippen molar-refractivity contribution in [3.8, 4) is 0 Å². The summed E-state index contributed by atoms with van der Waals surface area (Å²) in [6.45, 7) is 0. The molecule has 0 aromatic heterocycles. The average molecular weight is 540 g/mol. The Morgan fingerprint density at radius 1 is 0.757 bits per heavy atom. The Morgan fingerprint density at radius 2 is 1.32 bits per heavy atom. The fraction of sp³-hybridized carbons (Fsp3) is 0.148. The summed E-state index contributed by atoms with van der Waals surface area (Å²) in [6.07, 6.45) is 7.72. The van der Waals surface area contributed by atoms with Crippen LogP contribution in [0, 0.1) is 0 Å². The lowest BCUT2D eigenvalue weighted by molar-refractivity contribution is -0.462. The van der Waals surface area contributed by atoms with E-state index in [9.17, 15) is 25.9 Å². The zero-order chi connectivity index (χ0) is 27.1. The molecule has 0 bridgehead atoms. The van der Waals surface area contributed by atoms with Gasteiger partial charge in [0, 0.05) is 31.9 Å². The Bertz CT molecular complexity index is 1720. The van der Waals surface area contributed by atoms with Gasteiger partial charge < -0.3 is 4.90 Å². The van der Waals surface area contributed by atoms with Crippen molar-refractivity contribution >= 4 is 48.0 Å². The monoisotopic (exact) mass is 539 g/mol. The fourth-order valence-electron chi connectivity index (χ4n) is 4.17. The number of hydrogen-bond acceptors (Lipinski definition) is 5. The lowest BCUT2D eigenvalue weighted by Crippen LogP contribution is -2.10. The molecule has 37 heavy (non-hydrogen) atoms. The zero-order valence-corrected chi connectivity index (χ0v) is 22.4. The Hall–Kier alpha value is -3.57. The first-order valence-corrected chi connectivity index (χ1v) is 14.1.